The SMILES string of the molecule is CCOC(CN)CS(=O)c1ccccc1Br. The predicted octanol–water partition coefficient (Wildman–Crippen LogP) is 1.92. The number of ether oxygens (including phenoxy) is 1. The normalized spacial score (nSPS) is 14.7. The standard InChI is InChI=1S/C11H16BrNO2S/c1-2-15-9(7-13)8-16(14)11-6-4-3-5-10(11)12/h3-6,9H,2,7-8,13H2,1H3. The molecule has 0 aliphatic carbocycles. The van der Waals surface area contributed by atoms with Crippen molar-refractivity contribution in [3.8, 4) is 0 Å². The molecular formula is C11H16BrNO2S. The average Bonchev–Trinajstić information content (AvgIpc) is 2.28. The molecule has 0 saturated heterocycles. The lowest BCUT2D eigenvalue weighted by molar-refractivity contribution is 0.0852. The molecule has 0 aliphatic rings. The van der Waals surface area contributed by atoms with Gasteiger partial charge in [-0.3, -0.25) is 4.21 Å². The minimum absolute atomic E-state index is 0.141. The van der Waals surface area contributed by atoms with Crippen LogP contribution in [-0.2, 0) is 15.5 Å². The van der Waals surface area contributed by atoms with Gasteiger partial charge in [0.05, 0.1) is 27.6 Å². The molecule has 2 N–H and O–H groups in total. The van der Waals surface area contributed by atoms with Crippen LogP contribution in [0.25, 0.3) is 0 Å². The lowest BCUT2D eigenvalue weighted by Gasteiger charge is -2.14. The van der Waals surface area contributed by atoms with E-state index in [1.807, 2.05) is 31.2 Å². The number of rotatable bonds is 6. The molecule has 0 spiro atoms. The Kier molecular flexibility index (Phi) is 6.20. The Bertz CT molecular complexity index is 360. The number of halogens is 1. The minimum atomic E-state index is -1.08. The first-order valence-corrected chi connectivity index (χ1v) is 7.24. The summed E-state index contributed by atoms with van der Waals surface area (Å²) >= 11 is 3.38. The Morgan fingerprint density at radius 1 is 1.50 bits per heavy atom. The molecule has 1 aromatic carbocycles. The lowest BCUT2D eigenvalue weighted by Crippen LogP contribution is -2.29. The summed E-state index contributed by atoms with van der Waals surface area (Å²) in [6, 6.07) is 7.49. The molecular weight excluding hydrogens is 290 g/mol. The molecule has 3 nitrogen and oxygen atoms in total. The van der Waals surface area contributed by atoms with Gasteiger partial charge >= 0.3 is 0 Å². The third-order valence-electron chi connectivity index (χ3n) is 2.08. The highest BCUT2D eigenvalue weighted by molar-refractivity contribution is 9.10. The summed E-state index contributed by atoms with van der Waals surface area (Å²) in [4.78, 5) is 0.792. The first-order valence-electron chi connectivity index (χ1n) is 5.13. The maximum atomic E-state index is 12.1. The van der Waals surface area contributed by atoms with Crippen LogP contribution in [0.1, 0.15) is 6.92 Å². The minimum Gasteiger partial charge on any atom is -0.376 e. The molecule has 0 fully saturated rings. The zero-order chi connectivity index (χ0) is 12.0. The second kappa shape index (κ2) is 7.17. The second-order valence-electron chi connectivity index (χ2n) is 3.26. The summed E-state index contributed by atoms with van der Waals surface area (Å²) in [5, 5.41) is 0. The Balaban J connectivity index is 2.68. The van der Waals surface area contributed by atoms with Gasteiger partial charge < -0.3 is 10.5 Å². The van der Waals surface area contributed by atoms with E-state index in [0.29, 0.717) is 18.9 Å². The van der Waals surface area contributed by atoms with Gasteiger partial charge in [0, 0.05) is 17.6 Å². The van der Waals surface area contributed by atoms with Crippen LogP contribution in [0.5, 0.6) is 0 Å². The molecule has 2 atom stereocenters. The zero-order valence-electron chi connectivity index (χ0n) is 9.19. The summed E-state index contributed by atoms with van der Waals surface area (Å²) in [6.07, 6.45) is -0.141. The summed E-state index contributed by atoms with van der Waals surface area (Å²) < 4.78 is 18.3. The summed E-state index contributed by atoms with van der Waals surface area (Å²) in [6.45, 7) is 2.89. The van der Waals surface area contributed by atoms with Gasteiger partial charge in [-0.15, -0.1) is 0 Å². The molecule has 0 saturated carbocycles. The average molecular weight is 306 g/mol. The lowest BCUT2D eigenvalue weighted by atomic mass is 10.4. The number of benzene rings is 1. The van der Waals surface area contributed by atoms with Crippen molar-refractivity contribution in [2.24, 2.45) is 5.73 Å². The van der Waals surface area contributed by atoms with E-state index in [-0.39, 0.29) is 6.10 Å². The summed E-state index contributed by atoms with van der Waals surface area (Å²) in [7, 11) is -1.08. The number of hydrogen-bond acceptors (Lipinski definition) is 3. The van der Waals surface area contributed by atoms with Crippen molar-refractivity contribution < 1.29 is 8.95 Å². The van der Waals surface area contributed by atoms with E-state index in [2.05, 4.69) is 15.9 Å². The Morgan fingerprint density at radius 2 is 2.19 bits per heavy atom. The largest absolute Gasteiger partial charge is 0.376 e. The Morgan fingerprint density at radius 3 is 2.75 bits per heavy atom. The molecule has 0 heterocycles. The molecule has 2 unspecified atom stereocenters. The van der Waals surface area contributed by atoms with Crippen LogP contribution < -0.4 is 5.73 Å². The second-order valence-corrected chi connectivity index (χ2v) is 5.57. The fourth-order valence-electron chi connectivity index (χ4n) is 1.31. The molecule has 1 aromatic rings. The Hall–Kier alpha value is -0.230. The number of hydrogen-bond donors (Lipinski definition) is 1. The van der Waals surface area contributed by atoms with E-state index >= 15 is 0 Å². The molecule has 0 aromatic heterocycles. The van der Waals surface area contributed by atoms with Crippen molar-refractivity contribution in [2.75, 3.05) is 18.9 Å². The third kappa shape index (κ3) is 3.97. The molecule has 0 amide bonds. The van der Waals surface area contributed by atoms with Crippen molar-refractivity contribution in [1.82, 2.24) is 0 Å². The fourth-order valence-corrected chi connectivity index (χ4v) is 3.40. The van der Waals surface area contributed by atoms with Crippen LogP contribution in [0.15, 0.2) is 33.6 Å². The maximum absolute atomic E-state index is 12.1. The molecule has 0 bridgehead atoms. The van der Waals surface area contributed by atoms with E-state index in [4.69, 9.17) is 10.5 Å². The van der Waals surface area contributed by atoms with Crippen molar-refractivity contribution >= 4 is 26.7 Å². The van der Waals surface area contributed by atoms with Crippen LogP contribution in [0.3, 0.4) is 0 Å². The molecule has 0 aliphatic heterocycles. The van der Waals surface area contributed by atoms with E-state index in [1.54, 1.807) is 0 Å². The van der Waals surface area contributed by atoms with Gasteiger partial charge in [0.2, 0.25) is 0 Å². The molecule has 90 valence electrons. The van der Waals surface area contributed by atoms with Gasteiger partial charge in [-0.1, -0.05) is 12.1 Å². The zero-order valence-corrected chi connectivity index (χ0v) is 11.6. The van der Waals surface area contributed by atoms with Crippen LogP contribution in [0, 0.1) is 0 Å². The van der Waals surface area contributed by atoms with E-state index in [9.17, 15) is 4.21 Å². The Labute approximate surface area is 107 Å². The molecule has 16 heavy (non-hydrogen) atoms. The highest BCUT2D eigenvalue weighted by Crippen LogP contribution is 2.20. The van der Waals surface area contributed by atoms with Gasteiger partial charge in [0.25, 0.3) is 0 Å². The summed E-state index contributed by atoms with van der Waals surface area (Å²) in [5.74, 6) is 0.437. The molecule has 0 radical (unpaired) electrons. The van der Waals surface area contributed by atoms with E-state index in [0.717, 1.165) is 9.37 Å². The van der Waals surface area contributed by atoms with Gasteiger partial charge in [-0.2, -0.15) is 0 Å². The van der Waals surface area contributed by atoms with Crippen LogP contribution in [0.2, 0.25) is 0 Å². The topological polar surface area (TPSA) is 52.3 Å². The first kappa shape index (κ1) is 13.8. The van der Waals surface area contributed by atoms with E-state index in [1.165, 1.54) is 0 Å². The highest BCUT2D eigenvalue weighted by Gasteiger charge is 2.14. The fraction of sp³-hybridized carbons (Fsp3) is 0.455. The third-order valence-corrected chi connectivity index (χ3v) is 4.56. The van der Waals surface area contributed by atoms with Crippen LogP contribution >= 0.6 is 15.9 Å². The quantitative estimate of drug-likeness (QED) is 0.873. The maximum Gasteiger partial charge on any atom is 0.0815 e. The van der Waals surface area contributed by atoms with Crippen molar-refractivity contribution in [3.05, 3.63) is 28.7 Å². The highest BCUT2D eigenvalue weighted by atomic mass is 79.9. The monoisotopic (exact) mass is 305 g/mol. The number of nitrogens with two attached hydrogens (primary N) is 1. The van der Waals surface area contributed by atoms with Crippen LogP contribution in [-0.4, -0.2) is 29.2 Å². The van der Waals surface area contributed by atoms with Crippen molar-refractivity contribution in [1.29, 1.82) is 0 Å². The van der Waals surface area contributed by atoms with Gasteiger partial charge in [-0.05, 0) is 35.0 Å². The first-order chi connectivity index (χ1) is 7.69. The summed E-state index contributed by atoms with van der Waals surface area (Å²) in [5.41, 5.74) is 5.55. The van der Waals surface area contributed by atoms with Crippen molar-refractivity contribution in [2.45, 2.75) is 17.9 Å². The van der Waals surface area contributed by atoms with Gasteiger partial charge in [0.15, 0.2) is 0 Å². The van der Waals surface area contributed by atoms with Gasteiger partial charge in [-0.25, -0.2) is 0 Å². The molecule has 1 rings (SSSR count). The predicted molar refractivity (Wildman–Crippen MR) is 69.9 cm³/mol. The molecule has 5 heteroatoms. The van der Waals surface area contributed by atoms with Crippen LogP contribution in [0.4, 0.5) is 0 Å². The smallest absolute Gasteiger partial charge is 0.0815 e. The van der Waals surface area contributed by atoms with Crippen molar-refractivity contribution in [3.63, 3.8) is 0 Å². The van der Waals surface area contributed by atoms with Gasteiger partial charge in [0.1, 0.15) is 0 Å². The van der Waals surface area contributed by atoms with E-state index < -0.39 is 10.8 Å².